The van der Waals surface area contributed by atoms with Crippen LogP contribution in [0.2, 0.25) is 5.02 Å². The Labute approximate surface area is 129 Å². The van der Waals surface area contributed by atoms with Crippen LogP contribution in [-0.2, 0) is 10.1 Å². The van der Waals surface area contributed by atoms with Crippen LogP contribution in [0.15, 0.2) is 53.4 Å². The maximum absolute atomic E-state index is 12.2. The monoisotopic (exact) mass is 328 g/mol. The molecule has 0 unspecified atom stereocenters. The molecule has 0 atom stereocenters. The molecule has 4 nitrogen and oxygen atoms in total. The Bertz CT molecular complexity index is 694. The van der Waals surface area contributed by atoms with E-state index in [4.69, 9.17) is 15.8 Å². The quantitative estimate of drug-likeness (QED) is 0.807. The van der Waals surface area contributed by atoms with Gasteiger partial charge in [0, 0.05) is 5.02 Å². The molecule has 0 aliphatic heterocycles. The van der Waals surface area contributed by atoms with Crippen LogP contribution in [0.25, 0.3) is 0 Å². The molecule has 0 fully saturated rings. The topological polar surface area (TPSA) is 74.9 Å². The number of rotatable bonds is 4. The summed E-state index contributed by atoms with van der Waals surface area (Å²) < 4.78 is 29.7. The molecule has 0 aliphatic carbocycles. The first-order chi connectivity index (χ1) is 9.40. The van der Waals surface area contributed by atoms with E-state index in [0.29, 0.717) is 10.8 Å². The Hall–Kier alpha value is -1.56. The zero-order valence-corrected chi connectivity index (χ0v) is 13.3. The fourth-order valence-corrected chi connectivity index (χ4v) is 2.88. The first kappa shape index (κ1) is 17.5. The summed E-state index contributed by atoms with van der Waals surface area (Å²) in [6.07, 6.45) is 0. The average molecular weight is 329 g/mol. The van der Waals surface area contributed by atoms with Gasteiger partial charge in [0.05, 0.1) is 0 Å². The van der Waals surface area contributed by atoms with E-state index in [0.717, 1.165) is 5.56 Å². The predicted octanol–water partition coefficient (Wildman–Crippen LogP) is 3.41. The molecule has 0 saturated heterocycles. The van der Waals surface area contributed by atoms with Crippen molar-refractivity contribution in [3.05, 3.63) is 59.1 Å². The van der Waals surface area contributed by atoms with Crippen LogP contribution in [0.5, 0.6) is 5.75 Å². The first-order valence-electron chi connectivity index (χ1n) is 6.19. The highest BCUT2D eigenvalue weighted by Gasteiger charge is 2.19. The van der Waals surface area contributed by atoms with Gasteiger partial charge in [-0.2, -0.15) is 8.42 Å². The molecule has 0 bridgehead atoms. The van der Waals surface area contributed by atoms with Crippen molar-refractivity contribution < 1.29 is 18.1 Å². The van der Waals surface area contributed by atoms with Crippen LogP contribution in [0.1, 0.15) is 25.3 Å². The lowest BCUT2D eigenvalue weighted by Gasteiger charge is -2.13. The van der Waals surface area contributed by atoms with Gasteiger partial charge in [-0.3, -0.25) is 0 Å². The molecule has 2 rings (SSSR count). The summed E-state index contributed by atoms with van der Waals surface area (Å²) in [5.74, 6) is 0.532. The third-order valence-corrected chi connectivity index (χ3v) is 4.34. The SMILES string of the molecule is CC(C)c1ccccc1OS(=O)(=O)c1ccc(Cl)cc1.O. The van der Waals surface area contributed by atoms with Crippen molar-refractivity contribution in [1.29, 1.82) is 0 Å². The molecule has 2 N–H and O–H groups in total. The van der Waals surface area contributed by atoms with Crippen LogP contribution >= 0.6 is 11.6 Å². The van der Waals surface area contributed by atoms with Gasteiger partial charge in [-0.05, 0) is 41.8 Å². The summed E-state index contributed by atoms with van der Waals surface area (Å²) in [7, 11) is -3.84. The lowest BCUT2D eigenvalue weighted by molar-refractivity contribution is 0.481. The molecule has 0 aliphatic rings. The van der Waals surface area contributed by atoms with Crippen molar-refractivity contribution in [2.24, 2.45) is 0 Å². The largest absolute Gasteiger partial charge is 0.412 e. The molecule has 0 saturated carbocycles. The van der Waals surface area contributed by atoms with Crippen LogP contribution in [0.3, 0.4) is 0 Å². The Balaban J connectivity index is 0.00000220. The second kappa shape index (κ2) is 6.93. The molecule has 0 amide bonds. The highest BCUT2D eigenvalue weighted by molar-refractivity contribution is 7.87. The van der Waals surface area contributed by atoms with Gasteiger partial charge in [0.15, 0.2) is 0 Å². The Morgan fingerprint density at radius 3 is 2.14 bits per heavy atom. The fourth-order valence-electron chi connectivity index (χ4n) is 1.80. The summed E-state index contributed by atoms with van der Waals surface area (Å²) in [5.41, 5.74) is 0.852. The van der Waals surface area contributed by atoms with E-state index in [1.54, 1.807) is 12.1 Å². The van der Waals surface area contributed by atoms with E-state index in [-0.39, 0.29) is 16.3 Å². The third kappa shape index (κ3) is 4.20. The van der Waals surface area contributed by atoms with E-state index in [1.807, 2.05) is 26.0 Å². The number of hydrogen-bond donors (Lipinski definition) is 0. The molecule has 0 radical (unpaired) electrons. The van der Waals surface area contributed by atoms with Crippen molar-refractivity contribution in [3.63, 3.8) is 0 Å². The van der Waals surface area contributed by atoms with Crippen LogP contribution < -0.4 is 4.18 Å². The van der Waals surface area contributed by atoms with E-state index in [2.05, 4.69) is 0 Å². The Kier molecular flexibility index (Phi) is 5.78. The van der Waals surface area contributed by atoms with E-state index >= 15 is 0 Å². The summed E-state index contributed by atoms with van der Waals surface area (Å²) in [6.45, 7) is 3.97. The molecular weight excluding hydrogens is 312 g/mol. The molecular formula is C15H17ClO4S. The molecule has 2 aromatic rings. The van der Waals surface area contributed by atoms with Gasteiger partial charge in [-0.1, -0.05) is 43.6 Å². The van der Waals surface area contributed by atoms with Crippen molar-refractivity contribution in [3.8, 4) is 5.75 Å². The number of para-hydroxylation sites is 1. The minimum absolute atomic E-state index is 0. The molecule has 0 spiro atoms. The van der Waals surface area contributed by atoms with Crippen molar-refractivity contribution in [1.82, 2.24) is 0 Å². The molecule has 2 aromatic carbocycles. The minimum atomic E-state index is -3.84. The lowest BCUT2D eigenvalue weighted by Crippen LogP contribution is -2.11. The summed E-state index contributed by atoms with van der Waals surface area (Å²) in [4.78, 5) is 0.0838. The highest BCUT2D eigenvalue weighted by Crippen LogP contribution is 2.28. The second-order valence-electron chi connectivity index (χ2n) is 4.68. The van der Waals surface area contributed by atoms with Gasteiger partial charge in [-0.15, -0.1) is 0 Å². The van der Waals surface area contributed by atoms with Crippen LogP contribution in [0, 0.1) is 0 Å². The first-order valence-corrected chi connectivity index (χ1v) is 7.98. The number of benzene rings is 2. The Morgan fingerprint density at radius 1 is 1.00 bits per heavy atom. The smallest absolute Gasteiger partial charge is 0.339 e. The van der Waals surface area contributed by atoms with Crippen molar-refractivity contribution in [2.45, 2.75) is 24.7 Å². The maximum Gasteiger partial charge on any atom is 0.339 e. The normalized spacial score (nSPS) is 11.0. The van der Waals surface area contributed by atoms with Gasteiger partial charge < -0.3 is 9.66 Å². The molecule has 0 heterocycles. The van der Waals surface area contributed by atoms with Gasteiger partial charge in [0.25, 0.3) is 0 Å². The zero-order chi connectivity index (χ0) is 14.8. The molecule has 0 aromatic heterocycles. The van der Waals surface area contributed by atoms with Crippen molar-refractivity contribution >= 4 is 21.7 Å². The van der Waals surface area contributed by atoms with E-state index in [9.17, 15) is 8.42 Å². The summed E-state index contributed by atoms with van der Waals surface area (Å²) in [5, 5.41) is 0.478. The Morgan fingerprint density at radius 2 is 1.57 bits per heavy atom. The fraction of sp³-hybridized carbons (Fsp3) is 0.200. The minimum Gasteiger partial charge on any atom is -0.412 e. The third-order valence-electron chi connectivity index (χ3n) is 2.84. The molecule has 114 valence electrons. The van der Waals surface area contributed by atoms with Crippen LogP contribution in [0.4, 0.5) is 0 Å². The summed E-state index contributed by atoms with van der Waals surface area (Å²) in [6, 6.07) is 13.0. The highest BCUT2D eigenvalue weighted by atomic mass is 35.5. The summed E-state index contributed by atoms with van der Waals surface area (Å²) >= 11 is 5.75. The van der Waals surface area contributed by atoms with E-state index in [1.165, 1.54) is 24.3 Å². The van der Waals surface area contributed by atoms with Gasteiger partial charge in [-0.25, -0.2) is 0 Å². The number of halogens is 1. The lowest BCUT2D eigenvalue weighted by atomic mass is 10.0. The number of hydrogen-bond acceptors (Lipinski definition) is 3. The zero-order valence-electron chi connectivity index (χ0n) is 11.7. The second-order valence-corrected chi connectivity index (χ2v) is 6.67. The average Bonchev–Trinajstić information content (AvgIpc) is 2.39. The van der Waals surface area contributed by atoms with Gasteiger partial charge >= 0.3 is 10.1 Å². The van der Waals surface area contributed by atoms with Crippen LogP contribution in [-0.4, -0.2) is 13.9 Å². The molecule has 21 heavy (non-hydrogen) atoms. The standard InChI is InChI=1S/C15H15ClO3S.H2O/c1-11(2)14-5-3-4-6-15(14)19-20(17,18)13-9-7-12(16)8-10-13;/h3-11H,1-2H3;1H2. The van der Waals surface area contributed by atoms with Crippen molar-refractivity contribution in [2.75, 3.05) is 0 Å². The maximum atomic E-state index is 12.2. The predicted molar refractivity (Wildman–Crippen MR) is 83.4 cm³/mol. The van der Waals surface area contributed by atoms with Gasteiger partial charge in [0.2, 0.25) is 0 Å². The van der Waals surface area contributed by atoms with E-state index < -0.39 is 10.1 Å². The van der Waals surface area contributed by atoms with Gasteiger partial charge in [0.1, 0.15) is 10.6 Å². The molecule has 6 heteroatoms.